The summed E-state index contributed by atoms with van der Waals surface area (Å²) in [6, 6.07) is 7.39. The molecule has 0 saturated carbocycles. The van der Waals surface area contributed by atoms with Gasteiger partial charge in [0, 0.05) is 25.1 Å². The minimum Gasteiger partial charge on any atom is -0.481 e. The van der Waals surface area contributed by atoms with Crippen LogP contribution in [0.15, 0.2) is 24.3 Å². The lowest BCUT2D eigenvalue weighted by Crippen LogP contribution is -2.25. The summed E-state index contributed by atoms with van der Waals surface area (Å²) >= 11 is 0. The molecule has 2 rings (SSSR count). The van der Waals surface area contributed by atoms with Gasteiger partial charge in [0.1, 0.15) is 0 Å². The number of likely N-dealkylation sites (tertiary alicyclic amines) is 1. The van der Waals surface area contributed by atoms with Crippen LogP contribution in [0.2, 0.25) is 0 Å². The quantitative estimate of drug-likeness (QED) is 0.807. The second-order valence-corrected chi connectivity index (χ2v) is 5.44. The Morgan fingerprint density at radius 3 is 2.67 bits per heavy atom. The molecule has 1 saturated heterocycles. The van der Waals surface area contributed by atoms with Crippen molar-refractivity contribution in [2.45, 2.75) is 32.1 Å². The zero-order valence-electron chi connectivity index (χ0n) is 12.2. The molecule has 1 amide bonds. The van der Waals surface area contributed by atoms with E-state index in [1.54, 1.807) is 0 Å². The number of nitrogens with one attached hydrogen (secondary N) is 1. The zero-order chi connectivity index (χ0) is 15.1. The van der Waals surface area contributed by atoms with Crippen LogP contribution in [0, 0.1) is 0 Å². The number of carbonyl (C=O) groups is 2. The summed E-state index contributed by atoms with van der Waals surface area (Å²) in [6.07, 6.45) is 3.54. The molecular formula is C16H22N2O3. The Kier molecular flexibility index (Phi) is 5.75. The number of hydrogen-bond donors (Lipinski definition) is 2. The standard InChI is InChI=1S/C16H22N2O3/c19-15(8-11-18-9-1-2-10-18)17-14-5-3-4-13(12-14)6-7-16(20)21/h3-5,12H,1-2,6-11H2,(H,17,19)(H,20,21). The van der Waals surface area contributed by atoms with Crippen molar-refractivity contribution in [1.29, 1.82) is 0 Å². The highest BCUT2D eigenvalue weighted by molar-refractivity contribution is 5.90. The summed E-state index contributed by atoms with van der Waals surface area (Å²) in [5.74, 6) is -0.799. The molecule has 0 aromatic heterocycles. The maximum absolute atomic E-state index is 11.9. The highest BCUT2D eigenvalue weighted by Gasteiger charge is 2.12. The lowest BCUT2D eigenvalue weighted by Gasteiger charge is -2.14. The maximum Gasteiger partial charge on any atom is 0.303 e. The molecule has 114 valence electrons. The first-order valence-corrected chi connectivity index (χ1v) is 7.46. The molecule has 21 heavy (non-hydrogen) atoms. The number of aliphatic carboxylic acids is 1. The van der Waals surface area contributed by atoms with Gasteiger partial charge in [-0.3, -0.25) is 9.59 Å². The summed E-state index contributed by atoms with van der Waals surface area (Å²) in [5, 5.41) is 11.6. The van der Waals surface area contributed by atoms with Crippen molar-refractivity contribution in [3.05, 3.63) is 29.8 Å². The van der Waals surface area contributed by atoms with Crippen LogP contribution >= 0.6 is 0 Å². The molecule has 2 N–H and O–H groups in total. The van der Waals surface area contributed by atoms with Gasteiger partial charge in [0.15, 0.2) is 0 Å². The molecular weight excluding hydrogens is 268 g/mol. The maximum atomic E-state index is 11.9. The summed E-state index contributed by atoms with van der Waals surface area (Å²) in [6.45, 7) is 3.00. The van der Waals surface area contributed by atoms with Gasteiger partial charge in [-0.05, 0) is 50.0 Å². The Morgan fingerprint density at radius 2 is 1.95 bits per heavy atom. The normalized spacial score (nSPS) is 15.0. The molecule has 5 heteroatoms. The first-order valence-electron chi connectivity index (χ1n) is 7.46. The summed E-state index contributed by atoms with van der Waals surface area (Å²) < 4.78 is 0. The summed E-state index contributed by atoms with van der Waals surface area (Å²) in [5.41, 5.74) is 1.67. The Morgan fingerprint density at radius 1 is 1.19 bits per heavy atom. The molecule has 0 spiro atoms. The van der Waals surface area contributed by atoms with Gasteiger partial charge in [-0.15, -0.1) is 0 Å². The first kappa shape index (κ1) is 15.5. The van der Waals surface area contributed by atoms with Crippen LogP contribution in [-0.2, 0) is 16.0 Å². The van der Waals surface area contributed by atoms with Crippen molar-refractivity contribution in [2.75, 3.05) is 25.0 Å². The Bertz CT molecular complexity index is 496. The number of aryl methyl sites for hydroxylation is 1. The second kappa shape index (κ2) is 7.78. The predicted molar refractivity (Wildman–Crippen MR) is 81.3 cm³/mol. The van der Waals surface area contributed by atoms with E-state index in [1.165, 1.54) is 12.8 Å². The number of carbonyl (C=O) groups excluding carboxylic acids is 1. The number of hydrogen-bond acceptors (Lipinski definition) is 3. The molecule has 0 bridgehead atoms. The van der Waals surface area contributed by atoms with Gasteiger partial charge in [-0.25, -0.2) is 0 Å². The summed E-state index contributed by atoms with van der Waals surface area (Å²) in [4.78, 5) is 24.8. The molecule has 1 fully saturated rings. The number of anilines is 1. The number of carboxylic acids is 1. The van der Waals surface area contributed by atoms with E-state index < -0.39 is 5.97 Å². The lowest BCUT2D eigenvalue weighted by molar-refractivity contribution is -0.137. The average Bonchev–Trinajstić information content (AvgIpc) is 2.97. The van der Waals surface area contributed by atoms with E-state index in [-0.39, 0.29) is 12.3 Å². The molecule has 1 heterocycles. The predicted octanol–water partition coefficient (Wildman–Crippen LogP) is 2.13. The third-order valence-corrected chi connectivity index (χ3v) is 3.69. The Hall–Kier alpha value is -1.88. The fourth-order valence-corrected chi connectivity index (χ4v) is 2.55. The first-order chi connectivity index (χ1) is 10.1. The van der Waals surface area contributed by atoms with Gasteiger partial charge < -0.3 is 15.3 Å². The number of benzene rings is 1. The smallest absolute Gasteiger partial charge is 0.303 e. The van der Waals surface area contributed by atoms with E-state index in [9.17, 15) is 9.59 Å². The molecule has 0 aliphatic carbocycles. The Labute approximate surface area is 125 Å². The van der Waals surface area contributed by atoms with Crippen LogP contribution in [0.4, 0.5) is 5.69 Å². The van der Waals surface area contributed by atoms with Gasteiger partial charge in [0.2, 0.25) is 5.91 Å². The van der Waals surface area contributed by atoms with E-state index >= 15 is 0 Å². The second-order valence-electron chi connectivity index (χ2n) is 5.44. The van der Waals surface area contributed by atoms with Gasteiger partial charge in [0.05, 0.1) is 0 Å². The van der Waals surface area contributed by atoms with Gasteiger partial charge in [-0.2, -0.15) is 0 Å². The minimum atomic E-state index is -0.810. The van der Waals surface area contributed by atoms with Crippen LogP contribution < -0.4 is 5.32 Å². The van der Waals surface area contributed by atoms with Crippen molar-refractivity contribution in [3.63, 3.8) is 0 Å². The number of nitrogens with zero attached hydrogens (tertiary/aromatic N) is 1. The van der Waals surface area contributed by atoms with Crippen LogP contribution in [0.5, 0.6) is 0 Å². The largest absolute Gasteiger partial charge is 0.481 e. The van der Waals surface area contributed by atoms with Crippen LogP contribution in [0.25, 0.3) is 0 Å². The van der Waals surface area contributed by atoms with Crippen molar-refractivity contribution >= 4 is 17.6 Å². The fraction of sp³-hybridized carbons (Fsp3) is 0.500. The third kappa shape index (κ3) is 5.55. The average molecular weight is 290 g/mol. The molecule has 0 radical (unpaired) electrons. The molecule has 0 atom stereocenters. The summed E-state index contributed by atoms with van der Waals surface area (Å²) in [7, 11) is 0. The van der Waals surface area contributed by atoms with Gasteiger partial charge in [-0.1, -0.05) is 12.1 Å². The van der Waals surface area contributed by atoms with E-state index in [0.717, 1.165) is 30.9 Å². The molecule has 1 aromatic rings. The Balaban J connectivity index is 1.79. The minimum absolute atomic E-state index is 0.0114. The number of carboxylic acid groups (broad SMARTS) is 1. The fourth-order valence-electron chi connectivity index (χ4n) is 2.55. The zero-order valence-corrected chi connectivity index (χ0v) is 12.2. The number of amides is 1. The van der Waals surface area contributed by atoms with E-state index in [0.29, 0.717) is 12.8 Å². The van der Waals surface area contributed by atoms with Crippen molar-refractivity contribution in [1.82, 2.24) is 4.90 Å². The SMILES string of the molecule is O=C(O)CCc1cccc(NC(=O)CCN2CCCC2)c1. The highest BCUT2D eigenvalue weighted by Crippen LogP contribution is 2.13. The van der Waals surface area contributed by atoms with Crippen molar-refractivity contribution < 1.29 is 14.7 Å². The van der Waals surface area contributed by atoms with Gasteiger partial charge >= 0.3 is 5.97 Å². The molecule has 1 aromatic carbocycles. The van der Waals surface area contributed by atoms with Crippen LogP contribution in [0.3, 0.4) is 0 Å². The van der Waals surface area contributed by atoms with Crippen molar-refractivity contribution in [2.24, 2.45) is 0 Å². The topological polar surface area (TPSA) is 69.6 Å². The van der Waals surface area contributed by atoms with E-state index in [1.807, 2.05) is 24.3 Å². The molecule has 5 nitrogen and oxygen atoms in total. The highest BCUT2D eigenvalue weighted by atomic mass is 16.4. The monoisotopic (exact) mass is 290 g/mol. The van der Waals surface area contributed by atoms with Gasteiger partial charge in [0.25, 0.3) is 0 Å². The molecule has 1 aliphatic rings. The van der Waals surface area contributed by atoms with Crippen LogP contribution in [0.1, 0.15) is 31.2 Å². The lowest BCUT2D eigenvalue weighted by atomic mass is 10.1. The van der Waals surface area contributed by atoms with Crippen molar-refractivity contribution in [3.8, 4) is 0 Å². The number of rotatable bonds is 7. The molecule has 0 unspecified atom stereocenters. The van der Waals surface area contributed by atoms with Crippen LogP contribution in [-0.4, -0.2) is 41.5 Å². The van der Waals surface area contributed by atoms with E-state index in [2.05, 4.69) is 10.2 Å². The van der Waals surface area contributed by atoms with E-state index in [4.69, 9.17) is 5.11 Å². The molecule has 1 aliphatic heterocycles. The third-order valence-electron chi connectivity index (χ3n) is 3.69.